The molecule has 6 heteroatoms. The molecule has 0 bridgehead atoms. The van der Waals surface area contributed by atoms with Crippen LogP contribution in [0.4, 0.5) is 0 Å². The molecule has 0 saturated heterocycles. The fourth-order valence-corrected chi connectivity index (χ4v) is 1.63. The Balaban J connectivity index is 0.00000289. The van der Waals surface area contributed by atoms with Crippen LogP contribution in [0.3, 0.4) is 0 Å². The van der Waals surface area contributed by atoms with Crippen molar-refractivity contribution in [1.29, 1.82) is 0 Å². The minimum absolute atomic E-state index is 0. The molecule has 0 amide bonds. The van der Waals surface area contributed by atoms with Gasteiger partial charge >= 0.3 is 0 Å². The monoisotopic (exact) mass is 366 g/mol. The molecular formula is C12H23IN4O. The van der Waals surface area contributed by atoms with E-state index in [1.54, 1.807) is 14.2 Å². The summed E-state index contributed by atoms with van der Waals surface area (Å²) < 4.78 is 7.11. The van der Waals surface area contributed by atoms with Crippen LogP contribution in [0.15, 0.2) is 23.3 Å². The molecule has 1 heterocycles. The van der Waals surface area contributed by atoms with Gasteiger partial charge in [-0.25, -0.2) is 0 Å². The van der Waals surface area contributed by atoms with Crippen LogP contribution < -0.4 is 5.32 Å². The molecule has 0 aromatic carbocycles. The lowest BCUT2D eigenvalue weighted by Crippen LogP contribution is -2.40. The summed E-state index contributed by atoms with van der Waals surface area (Å²) in [6.45, 7) is 2.27. The molecule has 5 nitrogen and oxygen atoms in total. The highest BCUT2D eigenvalue weighted by Gasteiger charge is 2.07. The number of hydrogen-bond donors (Lipinski definition) is 1. The third-order valence-electron chi connectivity index (χ3n) is 2.61. The summed E-state index contributed by atoms with van der Waals surface area (Å²) in [5, 5.41) is 3.24. The van der Waals surface area contributed by atoms with Gasteiger partial charge in [0.25, 0.3) is 0 Å². The van der Waals surface area contributed by atoms with Gasteiger partial charge in [0.05, 0.1) is 13.2 Å². The van der Waals surface area contributed by atoms with Crippen molar-refractivity contribution in [2.75, 3.05) is 34.4 Å². The maximum absolute atomic E-state index is 5.00. The van der Waals surface area contributed by atoms with Gasteiger partial charge in [-0.05, 0) is 12.1 Å². The molecule has 0 aliphatic heterocycles. The normalized spacial score (nSPS) is 11.0. The van der Waals surface area contributed by atoms with Crippen LogP contribution in [-0.2, 0) is 18.3 Å². The predicted molar refractivity (Wildman–Crippen MR) is 85.5 cm³/mol. The van der Waals surface area contributed by atoms with Crippen molar-refractivity contribution < 1.29 is 4.74 Å². The lowest BCUT2D eigenvalue weighted by atomic mass is 10.4. The summed E-state index contributed by atoms with van der Waals surface area (Å²) in [6.07, 6.45) is 2.05. The average Bonchev–Trinajstić information content (AvgIpc) is 2.70. The number of aryl methyl sites for hydroxylation is 1. The van der Waals surface area contributed by atoms with Gasteiger partial charge < -0.3 is 19.5 Å². The summed E-state index contributed by atoms with van der Waals surface area (Å²) in [4.78, 5) is 6.32. The average molecular weight is 366 g/mol. The predicted octanol–water partition coefficient (Wildman–Crippen LogP) is 1.30. The molecule has 0 unspecified atom stereocenters. The zero-order chi connectivity index (χ0) is 12.7. The van der Waals surface area contributed by atoms with Crippen LogP contribution in [-0.4, -0.2) is 49.8 Å². The Morgan fingerprint density at radius 2 is 2.28 bits per heavy atom. The van der Waals surface area contributed by atoms with E-state index in [-0.39, 0.29) is 24.0 Å². The Bertz CT molecular complexity index is 365. The molecule has 0 atom stereocenters. The van der Waals surface area contributed by atoms with Crippen LogP contribution in [0.2, 0.25) is 0 Å². The second-order valence-electron chi connectivity index (χ2n) is 3.93. The Hall–Kier alpha value is -0.760. The lowest BCUT2D eigenvalue weighted by Gasteiger charge is -2.22. The molecule has 1 aromatic heterocycles. The molecule has 1 N–H and O–H groups in total. The number of rotatable bonds is 5. The number of aromatic nitrogens is 1. The van der Waals surface area contributed by atoms with E-state index < -0.39 is 0 Å². The Morgan fingerprint density at radius 3 is 2.78 bits per heavy atom. The van der Waals surface area contributed by atoms with Gasteiger partial charge in [-0.15, -0.1) is 24.0 Å². The number of nitrogens with one attached hydrogen (secondary N) is 1. The number of methoxy groups -OCH3 is 1. The van der Waals surface area contributed by atoms with Crippen molar-refractivity contribution in [3.05, 3.63) is 24.0 Å². The summed E-state index contributed by atoms with van der Waals surface area (Å²) in [5.41, 5.74) is 1.25. The topological polar surface area (TPSA) is 41.8 Å². The largest absolute Gasteiger partial charge is 0.383 e. The first-order valence-electron chi connectivity index (χ1n) is 5.70. The maximum atomic E-state index is 5.00. The van der Waals surface area contributed by atoms with E-state index in [9.17, 15) is 0 Å². The van der Waals surface area contributed by atoms with Gasteiger partial charge in [0.2, 0.25) is 0 Å². The van der Waals surface area contributed by atoms with E-state index in [2.05, 4.69) is 25.8 Å². The molecule has 1 aromatic rings. The molecule has 0 aliphatic rings. The zero-order valence-electron chi connectivity index (χ0n) is 11.5. The van der Waals surface area contributed by atoms with Crippen molar-refractivity contribution in [3.63, 3.8) is 0 Å². The van der Waals surface area contributed by atoms with Gasteiger partial charge in [0.15, 0.2) is 5.96 Å². The molecule has 0 aliphatic carbocycles. The van der Waals surface area contributed by atoms with Crippen LogP contribution in [0.25, 0.3) is 0 Å². The van der Waals surface area contributed by atoms with Crippen molar-refractivity contribution >= 4 is 29.9 Å². The number of aliphatic imine (C=N–C) groups is 1. The van der Waals surface area contributed by atoms with E-state index in [1.807, 2.05) is 26.4 Å². The molecule has 0 fully saturated rings. The van der Waals surface area contributed by atoms with Crippen molar-refractivity contribution in [1.82, 2.24) is 14.8 Å². The maximum Gasteiger partial charge on any atom is 0.193 e. The first-order chi connectivity index (χ1) is 8.19. The quantitative estimate of drug-likeness (QED) is 0.370. The summed E-state index contributed by atoms with van der Waals surface area (Å²) >= 11 is 0. The zero-order valence-corrected chi connectivity index (χ0v) is 13.8. The van der Waals surface area contributed by atoms with Crippen molar-refractivity contribution in [2.24, 2.45) is 12.0 Å². The Kier molecular flexibility index (Phi) is 8.82. The highest BCUT2D eigenvalue weighted by molar-refractivity contribution is 14.0. The van der Waals surface area contributed by atoms with Gasteiger partial charge in [-0.3, -0.25) is 4.99 Å². The molecule has 18 heavy (non-hydrogen) atoms. The molecule has 0 saturated carbocycles. The number of hydrogen-bond acceptors (Lipinski definition) is 2. The van der Waals surface area contributed by atoms with Gasteiger partial charge in [-0.2, -0.15) is 0 Å². The number of ether oxygens (including phenoxy) is 1. The molecule has 0 spiro atoms. The second-order valence-corrected chi connectivity index (χ2v) is 3.93. The van der Waals surface area contributed by atoms with Crippen molar-refractivity contribution in [2.45, 2.75) is 6.54 Å². The number of halogens is 1. The minimum Gasteiger partial charge on any atom is -0.383 e. The van der Waals surface area contributed by atoms with E-state index in [4.69, 9.17) is 4.74 Å². The SMILES string of the molecule is CN=C(NCCOC)N(C)Cc1cccn1C.I. The molecule has 104 valence electrons. The highest BCUT2D eigenvalue weighted by atomic mass is 127. The fraction of sp³-hybridized carbons (Fsp3) is 0.583. The number of guanidine groups is 1. The fourth-order valence-electron chi connectivity index (χ4n) is 1.63. The third-order valence-corrected chi connectivity index (χ3v) is 2.61. The smallest absolute Gasteiger partial charge is 0.193 e. The van der Waals surface area contributed by atoms with Crippen molar-refractivity contribution in [3.8, 4) is 0 Å². The van der Waals surface area contributed by atoms with E-state index in [0.29, 0.717) is 6.61 Å². The third kappa shape index (κ3) is 5.26. The minimum atomic E-state index is 0. The Labute approximate surface area is 126 Å². The van der Waals surface area contributed by atoms with Crippen LogP contribution >= 0.6 is 24.0 Å². The summed E-state index contributed by atoms with van der Waals surface area (Å²) in [6, 6.07) is 4.16. The Morgan fingerprint density at radius 1 is 1.56 bits per heavy atom. The van der Waals surface area contributed by atoms with Crippen LogP contribution in [0, 0.1) is 0 Å². The lowest BCUT2D eigenvalue weighted by molar-refractivity contribution is 0.203. The van der Waals surface area contributed by atoms with E-state index in [1.165, 1.54) is 5.69 Å². The first-order valence-corrected chi connectivity index (χ1v) is 5.70. The van der Waals surface area contributed by atoms with Gasteiger partial charge in [0.1, 0.15) is 0 Å². The molecular weight excluding hydrogens is 343 g/mol. The van der Waals surface area contributed by atoms with Gasteiger partial charge in [-0.1, -0.05) is 0 Å². The molecule has 1 rings (SSSR count). The van der Waals surface area contributed by atoms with E-state index in [0.717, 1.165) is 19.0 Å². The van der Waals surface area contributed by atoms with E-state index >= 15 is 0 Å². The summed E-state index contributed by atoms with van der Waals surface area (Å²) in [7, 11) is 7.55. The van der Waals surface area contributed by atoms with Crippen LogP contribution in [0.1, 0.15) is 5.69 Å². The van der Waals surface area contributed by atoms with Crippen LogP contribution in [0.5, 0.6) is 0 Å². The highest BCUT2D eigenvalue weighted by Crippen LogP contribution is 2.03. The first kappa shape index (κ1) is 17.2. The molecule has 0 radical (unpaired) electrons. The second kappa shape index (κ2) is 9.21. The number of nitrogens with zero attached hydrogens (tertiary/aromatic N) is 3. The standard InChI is InChI=1S/C12H22N4O.HI/c1-13-12(14-7-9-17-4)16(3)10-11-6-5-8-15(11)2;/h5-6,8H,7,9-10H2,1-4H3,(H,13,14);1H. The summed E-state index contributed by atoms with van der Waals surface area (Å²) in [5.74, 6) is 0.878. The van der Waals surface area contributed by atoms with Gasteiger partial charge in [0, 0.05) is 46.7 Å².